The lowest BCUT2D eigenvalue weighted by molar-refractivity contribution is -0.140. The molecule has 0 N–H and O–H groups in total. The molecule has 0 fully saturated rings. The number of nitrogens with zero attached hydrogens (tertiary/aromatic N) is 3. The first kappa shape index (κ1) is 21.8. The molecule has 0 bridgehead atoms. The van der Waals surface area contributed by atoms with Gasteiger partial charge in [-0.15, -0.1) is 0 Å². The average Bonchev–Trinajstić information content (AvgIpc) is 3.27. The number of imide groups is 1. The number of hydrogen-bond donors (Lipinski definition) is 0. The second-order valence-corrected chi connectivity index (χ2v) is 8.47. The first-order valence-electron chi connectivity index (χ1n) is 10.8. The lowest BCUT2D eigenvalue weighted by atomic mass is 9.93. The molecule has 0 aromatic heterocycles. The molecule has 0 radical (unpaired) electrons. The van der Waals surface area contributed by atoms with E-state index in [-0.39, 0.29) is 10.6 Å². The molecule has 168 valence electrons. The van der Waals surface area contributed by atoms with E-state index in [1.165, 1.54) is 5.01 Å². The van der Waals surface area contributed by atoms with Gasteiger partial charge in [0, 0.05) is 0 Å². The fourth-order valence-corrected chi connectivity index (χ4v) is 4.72. The second kappa shape index (κ2) is 8.72. The summed E-state index contributed by atoms with van der Waals surface area (Å²) in [6, 6.07) is 26.8. The van der Waals surface area contributed by atoms with Crippen LogP contribution in [0.15, 0.2) is 107 Å². The van der Waals surface area contributed by atoms with E-state index in [1.54, 1.807) is 31.2 Å². The lowest BCUT2D eigenvalue weighted by Gasteiger charge is -2.28. The Hall–Kier alpha value is -4.03. The minimum absolute atomic E-state index is 0.0341. The van der Waals surface area contributed by atoms with Crippen molar-refractivity contribution in [3.05, 3.63) is 113 Å². The SMILES string of the molecule is CC1=NN(c2ccccc2)C(=O)C1C1=C(Cl)C(=O)N(C(c2ccccc2)c2ccccc2)C1=O. The van der Waals surface area contributed by atoms with Gasteiger partial charge in [0.05, 0.1) is 23.0 Å². The molecule has 3 aromatic carbocycles. The van der Waals surface area contributed by atoms with Crippen LogP contribution in [0.1, 0.15) is 24.1 Å². The van der Waals surface area contributed by atoms with Crippen molar-refractivity contribution >= 4 is 40.7 Å². The summed E-state index contributed by atoms with van der Waals surface area (Å²) < 4.78 is 0. The molecular formula is C27H20ClN3O3. The second-order valence-electron chi connectivity index (χ2n) is 8.09. The van der Waals surface area contributed by atoms with Crippen molar-refractivity contribution in [2.75, 3.05) is 5.01 Å². The van der Waals surface area contributed by atoms with Gasteiger partial charge in [-0.2, -0.15) is 10.1 Å². The van der Waals surface area contributed by atoms with E-state index >= 15 is 0 Å². The van der Waals surface area contributed by atoms with Crippen LogP contribution in [0.3, 0.4) is 0 Å². The number of benzene rings is 3. The normalized spacial score (nSPS) is 18.4. The molecule has 7 heteroatoms. The van der Waals surface area contributed by atoms with Crippen molar-refractivity contribution in [3.8, 4) is 0 Å². The number of carbonyl (C=O) groups is 3. The van der Waals surface area contributed by atoms with Crippen LogP contribution in [0.4, 0.5) is 5.69 Å². The topological polar surface area (TPSA) is 70.1 Å². The molecule has 2 heterocycles. The van der Waals surface area contributed by atoms with Gasteiger partial charge in [0.25, 0.3) is 17.7 Å². The van der Waals surface area contributed by atoms with Gasteiger partial charge in [0.2, 0.25) is 0 Å². The zero-order valence-corrected chi connectivity index (χ0v) is 19.0. The minimum Gasteiger partial charge on any atom is -0.271 e. The molecule has 34 heavy (non-hydrogen) atoms. The Morgan fingerprint density at radius 3 is 1.79 bits per heavy atom. The molecule has 3 aromatic rings. The van der Waals surface area contributed by atoms with Gasteiger partial charge in [-0.05, 0) is 30.2 Å². The molecule has 3 amide bonds. The van der Waals surface area contributed by atoms with E-state index in [0.717, 1.165) is 16.0 Å². The lowest BCUT2D eigenvalue weighted by Crippen LogP contribution is -2.38. The van der Waals surface area contributed by atoms with Gasteiger partial charge >= 0.3 is 0 Å². The number of rotatable bonds is 5. The summed E-state index contributed by atoms with van der Waals surface area (Å²) in [6.07, 6.45) is 0. The number of para-hydroxylation sites is 1. The van der Waals surface area contributed by atoms with Crippen LogP contribution in [0.25, 0.3) is 0 Å². The Kier molecular flexibility index (Phi) is 5.59. The summed E-state index contributed by atoms with van der Waals surface area (Å²) in [6.45, 7) is 1.66. The van der Waals surface area contributed by atoms with Crippen LogP contribution in [0.2, 0.25) is 0 Å². The third-order valence-electron chi connectivity index (χ3n) is 6.00. The summed E-state index contributed by atoms with van der Waals surface area (Å²) in [5, 5.41) is 5.38. The van der Waals surface area contributed by atoms with Crippen LogP contribution in [0, 0.1) is 5.92 Å². The van der Waals surface area contributed by atoms with Crippen molar-refractivity contribution in [3.63, 3.8) is 0 Å². The molecule has 1 unspecified atom stereocenters. The number of anilines is 1. The standard InChI is InChI=1S/C27H20ClN3O3/c1-17-21(26(33)31(29-17)20-15-9-4-10-16-20)22-23(28)27(34)30(25(22)32)24(18-11-5-2-6-12-18)19-13-7-3-8-14-19/h2-16,21,24H,1H3. The maximum atomic E-state index is 13.8. The quantitative estimate of drug-likeness (QED) is 0.509. The van der Waals surface area contributed by atoms with Crippen molar-refractivity contribution in [1.29, 1.82) is 0 Å². The minimum atomic E-state index is -1.03. The fraction of sp³-hybridized carbons (Fsp3) is 0.111. The monoisotopic (exact) mass is 469 g/mol. The molecule has 6 nitrogen and oxygen atoms in total. The molecule has 1 atom stereocenters. The molecule has 2 aliphatic heterocycles. The zero-order chi connectivity index (χ0) is 23.8. The first-order valence-corrected chi connectivity index (χ1v) is 11.2. The van der Waals surface area contributed by atoms with Crippen LogP contribution in [-0.4, -0.2) is 28.3 Å². The van der Waals surface area contributed by atoms with Gasteiger partial charge in [0.1, 0.15) is 11.0 Å². The van der Waals surface area contributed by atoms with E-state index in [0.29, 0.717) is 11.4 Å². The highest BCUT2D eigenvalue weighted by Crippen LogP contribution is 2.40. The molecule has 0 saturated heterocycles. The van der Waals surface area contributed by atoms with Gasteiger partial charge in [-0.25, -0.2) is 0 Å². The Balaban J connectivity index is 1.55. The summed E-state index contributed by atoms with van der Waals surface area (Å²) in [7, 11) is 0. The first-order chi connectivity index (χ1) is 16.5. The van der Waals surface area contributed by atoms with Crippen molar-refractivity contribution < 1.29 is 14.4 Å². The van der Waals surface area contributed by atoms with E-state index in [9.17, 15) is 14.4 Å². The van der Waals surface area contributed by atoms with Gasteiger partial charge in [-0.3, -0.25) is 19.3 Å². The predicted molar refractivity (Wildman–Crippen MR) is 130 cm³/mol. The summed E-state index contributed by atoms with van der Waals surface area (Å²) in [4.78, 5) is 41.7. The Morgan fingerprint density at radius 1 is 0.765 bits per heavy atom. The number of amides is 3. The van der Waals surface area contributed by atoms with Gasteiger partial charge in [0.15, 0.2) is 0 Å². The number of carbonyl (C=O) groups excluding carboxylic acids is 3. The zero-order valence-electron chi connectivity index (χ0n) is 18.3. The van der Waals surface area contributed by atoms with E-state index in [1.807, 2.05) is 66.7 Å². The third kappa shape index (κ3) is 3.53. The summed E-state index contributed by atoms with van der Waals surface area (Å²) in [5.41, 5.74) is 2.46. The molecule has 0 aliphatic carbocycles. The highest BCUT2D eigenvalue weighted by molar-refractivity contribution is 6.49. The maximum Gasteiger partial charge on any atom is 0.273 e. The van der Waals surface area contributed by atoms with E-state index in [2.05, 4.69) is 5.10 Å². The highest BCUT2D eigenvalue weighted by Gasteiger charge is 2.50. The van der Waals surface area contributed by atoms with Crippen LogP contribution >= 0.6 is 11.6 Å². The summed E-state index contributed by atoms with van der Waals surface area (Å²) >= 11 is 6.48. The highest BCUT2D eigenvalue weighted by atomic mass is 35.5. The van der Waals surface area contributed by atoms with Crippen LogP contribution in [-0.2, 0) is 14.4 Å². The Morgan fingerprint density at radius 2 is 1.26 bits per heavy atom. The van der Waals surface area contributed by atoms with Crippen molar-refractivity contribution in [2.24, 2.45) is 11.0 Å². The van der Waals surface area contributed by atoms with Crippen molar-refractivity contribution in [2.45, 2.75) is 13.0 Å². The third-order valence-corrected chi connectivity index (χ3v) is 6.37. The van der Waals surface area contributed by atoms with Gasteiger partial charge in [-0.1, -0.05) is 90.5 Å². The molecule has 5 rings (SSSR count). The Bertz CT molecular complexity index is 1300. The molecule has 2 aliphatic rings. The van der Waals surface area contributed by atoms with Gasteiger partial charge < -0.3 is 0 Å². The predicted octanol–water partition coefficient (Wildman–Crippen LogP) is 4.68. The largest absolute Gasteiger partial charge is 0.273 e. The van der Waals surface area contributed by atoms with Crippen molar-refractivity contribution in [1.82, 2.24) is 4.90 Å². The maximum absolute atomic E-state index is 13.8. The number of hydrazone groups is 1. The Labute approximate surface area is 201 Å². The van der Waals surface area contributed by atoms with E-state index in [4.69, 9.17) is 11.6 Å². The fourth-order valence-electron chi connectivity index (χ4n) is 4.44. The van der Waals surface area contributed by atoms with Crippen LogP contribution in [0.5, 0.6) is 0 Å². The molecular weight excluding hydrogens is 450 g/mol. The number of hydrogen-bond acceptors (Lipinski definition) is 4. The molecule has 0 saturated carbocycles. The summed E-state index contributed by atoms with van der Waals surface area (Å²) in [5.74, 6) is -2.66. The van der Waals surface area contributed by atoms with E-state index < -0.39 is 29.7 Å². The molecule has 0 spiro atoms. The number of halogens is 1. The van der Waals surface area contributed by atoms with Crippen LogP contribution < -0.4 is 5.01 Å². The average molecular weight is 470 g/mol. The smallest absolute Gasteiger partial charge is 0.271 e.